The fraction of sp³-hybridized carbons (Fsp3) is 0.800. The number of rotatable bonds is 1. The van der Waals surface area contributed by atoms with Crippen molar-refractivity contribution in [1.82, 2.24) is 15.1 Å². The van der Waals surface area contributed by atoms with Crippen LogP contribution in [0, 0.1) is 5.92 Å². The molecule has 2 heterocycles. The molecule has 1 unspecified atom stereocenters. The molecule has 0 aromatic carbocycles. The van der Waals surface area contributed by atoms with E-state index in [2.05, 4.69) is 5.32 Å². The SMILES string of the molecule is CC(C)(C)OC(=O)N1CCCC(C(=O)N2CCNC(=O)C2)C1. The van der Waals surface area contributed by atoms with Gasteiger partial charge in [0.1, 0.15) is 5.60 Å². The molecule has 0 aliphatic carbocycles. The van der Waals surface area contributed by atoms with Gasteiger partial charge in [0.25, 0.3) is 0 Å². The van der Waals surface area contributed by atoms with Gasteiger partial charge >= 0.3 is 6.09 Å². The molecule has 0 saturated carbocycles. The van der Waals surface area contributed by atoms with Gasteiger partial charge in [-0.3, -0.25) is 9.59 Å². The van der Waals surface area contributed by atoms with Crippen LogP contribution >= 0.6 is 0 Å². The number of hydrogen-bond acceptors (Lipinski definition) is 4. The topological polar surface area (TPSA) is 79.0 Å². The van der Waals surface area contributed by atoms with Crippen LogP contribution in [0.25, 0.3) is 0 Å². The number of likely N-dealkylation sites (tertiary alicyclic amines) is 1. The zero-order valence-corrected chi connectivity index (χ0v) is 13.6. The first-order valence-corrected chi connectivity index (χ1v) is 7.80. The molecule has 2 saturated heterocycles. The molecule has 1 N–H and O–H groups in total. The predicted octanol–water partition coefficient (Wildman–Crippen LogP) is 0.592. The molecule has 0 radical (unpaired) electrons. The smallest absolute Gasteiger partial charge is 0.410 e. The first-order valence-electron chi connectivity index (χ1n) is 7.80. The molecule has 1 atom stereocenters. The van der Waals surface area contributed by atoms with E-state index in [4.69, 9.17) is 4.74 Å². The Morgan fingerprint density at radius 1 is 1.23 bits per heavy atom. The van der Waals surface area contributed by atoms with Gasteiger partial charge in [-0.25, -0.2) is 4.79 Å². The number of carbonyl (C=O) groups excluding carboxylic acids is 3. The molecular weight excluding hydrogens is 286 g/mol. The fourth-order valence-electron chi connectivity index (χ4n) is 2.76. The van der Waals surface area contributed by atoms with E-state index in [1.807, 2.05) is 20.8 Å². The monoisotopic (exact) mass is 311 g/mol. The van der Waals surface area contributed by atoms with Crippen molar-refractivity contribution >= 4 is 17.9 Å². The lowest BCUT2D eigenvalue weighted by molar-refractivity contribution is -0.142. The van der Waals surface area contributed by atoms with E-state index in [-0.39, 0.29) is 30.4 Å². The Morgan fingerprint density at radius 2 is 1.95 bits per heavy atom. The number of nitrogens with zero attached hydrogens (tertiary/aromatic N) is 2. The zero-order chi connectivity index (χ0) is 16.3. The quantitative estimate of drug-likeness (QED) is 0.769. The summed E-state index contributed by atoms with van der Waals surface area (Å²) in [5, 5.41) is 2.71. The van der Waals surface area contributed by atoms with E-state index in [0.717, 1.165) is 12.8 Å². The first-order chi connectivity index (χ1) is 10.3. The molecule has 0 aromatic heterocycles. The second-order valence-electron chi connectivity index (χ2n) is 6.88. The van der Waals surface area contributed by atoms with Gasteiger partial charge in [-0.15, -0.1) is 0 Å². The number of carbonyl (C=O) groups is 3. The van der Waals surface area contributed by atoms with Crippen LogP contribution in [0.4, 0.5) is 4.79 Å². The average molecular weight is 311 g/mol. The number of piperidine rings is 1. The summed E-state index contributed by atoms with van der Waals surface area (Å²) in [6.45, 7) is 7.59. The van der Waals surface area contributed by atoms with Crippen LogP contribution < -0.4 is 5.32 Å². The normalized spacial score (nSPS) is 23.0. The second-order valence-corrected chi connectivity index (χ2v) is 6.88. The number of ether oxygens (including phenoxy) is 1. The Bertz CT molecular complexity index is 458. The lowest BCUT2D eigenvalue weighted by Gasteiger charge is -2.36. The highest BCUT2D eigenvalue weighted by molar-refractivity contribution is 5.87. The van der Waals surface area contributed by atoms with Gasteiger partial charge in [-0.1, -0.05) is 0 Å². The Kier molecular flexibility index (Phi) is 4.93. The lowest BCUT2D eigenvalue weighted by Crippen LogP contribution is -2.54. The molecule has 7 heteroatoms. The van der Waals surface area contributed by atoms with Gasteiger partial charge in [0, 0.05) is 26.2 Å². The highest BCUT2D eigenvalue weighted by atomic mass is 16.6. The minimum Gasteiger partial charge on any atom is -0.444 e. The molecule has 2 aliphatic rings. The fourth-order valence-corrected chi connectivity index (χ4v) is 2.76. The minimum absolute atomic E-state index is 0.0388. The van der Waals surface area contributed by atoms with Crippen LogP contribution in [0.1, 0.15) is 33.6 Å². The number of hydrogen-bond donors (Lipinski definition) is 1. The highest BCUT2D eigenvalue weighted by Gasteiger charge is 2.34. The molecule has 2 aliphatic heterocycles. The molecule has 2 fully saturated rings. The molecule has 0 bridgehead atoms. The Hall–Kier alpha value is -1.79. The summed E-state index contributed by atoms with van der Waals surface area (Å²) in [6, 6.07) is 0. The van der Waals surface area contributed by atoms with E-state index in [0.29, 0.717) is 26.2 Å². The minimum atomic E-state index is -0.543. The van der Waals surface area contributed by atoms with Gasteiger partial charge in [-0.2, -0.15) is 0 Å². The molecule has 3 amide bonds. The van der Waals surface area contributed by atoms with Crippen molar-refractivity contribution in [3.8, 4) is 0 Å². The molecule has 2 rings (SSSR count). The van der Waals surface area contributed by atoms with Crippen LogP contribution in [0.5, 0.6) is 0 Å². The van der Waals surface area contributed by atoms with E-state index in [9.17, 15) is 14.4 Å². The van der Waals surface area contributed by atoms with Crippen LogP contribution in [-0.2, 0) is 14.3 Å². The summed E-state index contributed by atoms with van der Waals surface area (Å²) in [7, 11) is 0. The van der Waals surface area contributed by atoms with Crippen molar-refractivity contribution in [1.29, 1.82) is 0 Å². The summed E-state index contributed by atoms with van der Waals surface area (Å²) in [5.74, 6) is -0.408. The third-order valence-electron chi connectivity index (χ3n) is 3.77. The van der Waals surface area contributed by atoms with E-state index >= 15 is 0 Å². The second kappa shape index (κ2) is 6.54. The average Bonchev–Trinajstić information content (AvgIpc) is 2.45. The maximum absolute atomic E-state index is 12.5. The summed E-state index contributed by atoms with van der Waals surface area (Å²) in [6.07, 6.45) is 1.15. The van der Waals surface area contributed by atoms with Crippen molar-refractivity contribution in [3.63, 3.8) is 0 Å². The van der Waals surface area contributed by atoms with Crippen molar-refractivity contribution in [2.24, 2.45) is 5.92 Å². The van der Waals surface area contributed by atoms with Gasteiger partial charge in [0.2, 0.25) is 11.8 Å². The summed E-state index contributed by atoms with van der Waals surface area (Å²) >= 11 is 0. The van der Waals surface area contributed by atoms with Crippen molar-refractivity contribution in [3.05, 3.63) is 0 Å². The van der Waals surface area contributed by atoms with Crippen molar-refractivity contribution in [2.75, 3.05) is 32.7 Å². The largest absolute Gasteiger partial charge is 0.444 e. The highest BCUT2D eigenvalue weighted by Crippen LogP contribution is 2.21. The molecule has 0 aromatic rings. The van der Waals surface area contributed by atoms with Crippen LogP contribution in [-0.4, -0.2) is 66.0 Å². The van der Waals surface area contributed by atoms with E-state index in [1.165, 1.54) is 0 Å². The van der Waals surface area contributed by atoms with Crippen LogP contribution in [0.15, 0.2) is 0 Å². The Morgan fingerprint density at radius 3 is 2.59 bits per heavy atom. The Balaban J connectivity index is 1.93. The molecule has 0 spiro atoms. The summed E-state index contributed by atoms with van der Waals surface area (Å²) < 4.78 is 5.37. The standard InChI is InChI=1S/C15H25N3O4/c1-15(2,3)22-14(21)18-7-4-5-11(9-18)13(20)17-8-6-16-12(19)10-17/h11H,4-10H2,1-3H3,(H,16,19). The number of amides is 3. The van der Waals surface area contributed by atoms with E-state index in [1.54, 1.807) is 9.80 Å². The van der Waals surface area contributed by atoms with Gasteiger partial charge < -0.3 is 19.9 Å². The number of nitrogens with one attached hydrogen (secondary N) is 1. The van der Waals surface area contributed by atoms with Crippen molar-refractivity contribution in [2.45, 2.75) is 39.2 Å². The maximum Gasteiger partial charge on any atom is 0.410 e. The van der Waals surface area contributed by atoms with Gasteiger partial charge in [-0.05, 0) is 33.6 Å². The summed E-state index contributed by atoms with van der Waals surface area (Å²) in [5.41, 5.74) is -0.543. The number of piperazine rings is 1. The molecular formula is C15H25N3O4. The van der Waals surface area contributed by atoms with Crippen molar-refractivity contribution < 1.29 is 19.1 Å². The maximum atomic E-state index is 12.5. The van der Waals surface area contributed by atoms with Crippen LogP contribution in [0.2, 0.25) is 0 Å². The molecule has 7 nitrogen and oxygen atoms in total. The van der Waals surface area contributed by atoms with Gasteiger partial charge in [0.05, 0.1) is 12.5 Å². The lowest BCUT2D eigenvalue weighted by atomic mass is 9.96. The summed E-state index contributed by atoms with van der Waals surface area (Å²) in [4.78, 5) is 39.2. The third kappa shape index (κ3) is 4.35. The van der Waals surface area contributed by atoms with Crippen LogP contribution in [0.3, 0.4) is 0 Å². The third-order valence-corrected chi connectivity index (χ3v) is 3.77. The first kappa shape index (κ1) is 16.6. The predicted molar refractivity (Wildman–Crippen MR) is 80.1 cm³/mol. The molecule has 124 valence electrons. The van der Waals surface area contributed by atoms with Gasteiger partial charge in [0.15, 0.2) is 0 Å². The molecule has 22 heavy (non-hydrogen) atoms. The Labute approximate surface area is 131 Å². The zero-order valence-electron chi connectivity index (χ0n) is 13.6. The van der Waals surface area contributed by atoms with E-state index < -0.39 is 5.60 Å².